The Morgan fingerprint density at radius 3 is 2.47 bits per heavy atom. The van der Waals surface area contributed by atoms with E-state index in [1.807, 2.05) is 0 Å². The summed E-state index contributed by atoms with van der Waals surface area (Å²) >= 11 is 0. The number of allylic oxidation sites excluding steroid dienone is 3. The summed E-state index contributed by atoms with van der Waals surface area (Å²) in [6.07, 6.45) is 4.51. The molecule has 2 aromatic carbocycles. The lowest BCUT2D eigenvalue weighted by molar-refractivity contribution is -0.777. The molecule has 1 fully saturated rings. The molecule has 9 rings (SSSR count). The van der Waals surface area contributed by atoms with E-state index < -0.39 is 0 Å². The number of aromatic nitrogens is 2. The molecule has 34 heavy (non-hydrogen) atoms. The van der Waals surface area contributed by atoms with Gasteiger partial charge in [-0.3, -0.25) is 0 Å². The van der Waals surface area contributed by atoms with Crippen LogP contribution in [0.15, 0.2) is 108 Å². The maximum Gasteiger partial charge on any atom is 0.269 e. The predicted octanol–water partition coefficient (Wildman–Crippen LogP) is 5.44. The van der Waals surface area contributed by atoms with Crippen molar-refractivity contribution in [2.45, 2.75) is 25.4 Å². The van der Waals surface area contributed by atoms with Gasteiger partial charge in [0.05, 0.1) is 11.1 Å². The van der Waals surface area contributed by atoms with Crippen molar-refractivity contribution in [2.24, 2.45) is 5.92 Å². The molecule has 1 saturated carbocycles. The summed E-state index contributed by atoms with van der Waals surface area (Å²) in [5.41, 5.74) is 11.9. The molecule has 2 bridgehead atoms. The minimum atomic E-state index is -0.250. The molecule has 3 heteroatoms. The standard InChI is InChI=1S/C31H23N2O/c1-18-11-14-25-26-19(2)27(29(26)34)28-30(32(25)17-18)31(28)23-16-21(20-8-4-3-5-9-20)12-13-22(23)24-10-6-7-15-33(24)31/h3-17,28,30H,1-2H3/q+1/p+1/t28-,30?,31?/m1/s1. The van der Waals surface area contributed by atoms with Gasteiger partial charge in [0.2, 0.25) is 17.4 Å². The van der Waals surface area contributed by atoms with Crippen LogP contribution in [0, 0.1) is 12.8 Å². The van der Waals surface area contributed by atoms with E-state index in [0.717, 1.165) is 16.8 Å². The summed E-state index contributed by atoms with van der Waals surface area (Å²) in [7, 11) is 0. The molecule has 5 heterocycles. The Morgan fingerprint density at radius 2 is 1.65 bits per heavy atom. The second-order valence-electron chi connectivity index (χ2n) is 10.1. The van der Waals surface area contributed by atoms with Crippen molar-refractivity contribution in [1.82, 2.24) is 0 Å². The highest BCUT2D eigenvalue weighted by Crippen LogP contribution is 2.70. The van der Waals surface area contributed by atoms with Gasteiger partial charge in [-0.15, -0.1) is 0 Å². The highest BCUT2D eigenvalue weighted by atomic mass is 16.3. The van der Waals surface area contributed by atoms with Crippen molar-refractivity contribution in [2.75, 3.05) is 0 Å². The average Bonchev–Trinajstić information content (AvgIpc) is 3.49. The third-order valence-corrected chi connectivity index (χ3v) is 8.49. The molecule has 1 N–H and O–H groups in total. The largest absolute Gasteiger partial charge is 0.507 e. The molecular weight excluding hydrogens is 416 g/mol. The van der Waals surface area contributed by atoms with Crippen LogP contribution in [0.1, 0.15) is 29.8 Å². The molecule has 0 saturated heterocycles. The zero-order valence-electron chi connectivity index (χ0n) is 19.2. The van der Waals surface area contributed by atoms with Gasteiger partial charge in [0, 0.05) is 34.9 Å². The monoisotopic (exact) mass is 440 g/mol. The highest BCUT2D eigenvalue weighted by Gasteiger charge is 2.87. The predicted molar refractivity (Wildman–Crippen MR) is 131 cm³/mol. The zero-order valence-corrected chi connectivity index (χ0v) is 19.2. The van der Waals surface area contributed by atoms with E-state index >= 15 is 0 Å². The Kier molecular flexibility index (Phi) is 3.21. The summed E-state index contributed by atoms with van der Waals surface area (Å²) in [6.45, 7) is 4.33. The fourth-order valence-electron chi connectivity index (χ4n) is 7.08. The number of rotatable bonds is 1. The first kappa shape index (κ1) is 18.4. The van der Waals surface area contributed by atoms with Crippen LogP contribution in [0.2, 0.25) is 0 Å². The number of aryl methyl sites for hydroxylation is 1. The molecular formula is C31H24N2O+2. The van der Waals surface area contributed by atoms with Crippen LogP contribution in [-0.2, 0) is 5.54 Å². The van der Waals surface area contributed by atoms with Crippen molar-refractivity contribution in [3.8, 4) is 22.4 Å². The lowest BCUT2D eigenvalue weighted by Gasteiger charge is -2.23. The normalized spacial score (nSPS) is 24.8. The van der Waals surface area contributed by atoms with Gasteiger partial charge in [0.15, 0.2) is 12.4 Å². The van der Waals surface area contributed by atoms with Crippen LogP contribution < -0.4 is 9.13 Å². The van der Waals surface area contributed by atoms with Crippen molar-refractivity contribution in [3.05, 3.63) is 125 Å². The van der Waals surface area contributed by atoms with Gasteiger partial charge < -0.3 is 5.11 Å². The van der Waals surface area contributed by atoms with E-state index in [1.54, 1.807) is 0 Å². The summed E-state index contributed by atoms with van der Waals surface area (Å²) < 4.78 is 4.93. The van der Waals surface area contributed by atoms with Crippen LogP contribution in [-0.4, -0.2) is 5.11 Å². The molecule has 5 aliphatic rings. The van der Waals surface area contributed by atoms with Gasteiger partial charge in [-0.25, -0.2) is 0 Å². The van der Waals surface area contributed by atoms with E-state index in [9.17, 15) is 5.11 Å². The first-order chi connectivity index (χ1) is 16.6. The van der Waals surface area contributed by atoms with Crippen LogP contribution >= 0.6 is 0 Å². The van der Waals surface area contributed by atoms with E-state index in [0.29, 0.717) is 5.76 Å². The van der Waals surface area contributed by atoms with Gasteiger partial charge in [-0.2, -0.15) is 9.13 Å². The first-order valence-corrected chi connectivity index (χ1v) is 12.0. The summed E-state index contributed by atoms with van der Waals surface area (Å²) in [5.74, 6) is 0.688. The average molecular weight is 441 g/mol. The molecule has 3 atom stereocenters. The van der Waals surface area contributed by atoms with Crippen LogP contribution in [0.25, 0.3) is 28.0 Å². The van der Waals surface area contributed by atoms with E-state index in [-0.39, 0.29) is 17.5 Å². The number of aliphatic hydroxyl groups excluding tert-OH is 1. The number of nitrogens with zero attached hydrogens (tertiary/aromatic N) is 2. The second kappa shape index (κ2) is 5.92. The van der Waals surface area contributed by atoms with Crippen molar-refractivity contribution < 1.29 is 14.2 Å². The molecule has 162 valence electrons. The van der Waals surface area contributed by atoms with Gasteiger partial charge in [0.1, 0.15) is 11.7 Å². The van der Waals surface area contributed by atoms with Crippen LogP contribution in [0.5, 0.6) is 0 Å². The van der Waals surface area contributed by atoms with Gasteiger partial charge in [-0.05, 0) is 54.8 Å². The van der Waals surface area contributed by atoms with Gasteiger partial charge in [-0.1, -0.05) is 36.4 Å². The Hall–Kier alpha value is -3.98. The van der Waals surface area contributed by atoms with E-state index in [4.69, 9.17) is 0 Å². The summed E-state index contributed by atoms with van der Waals surface area (Å²) in [6, 6.07) is 28.6. The number of fused-ring (bicyclic) bond motifs is 5. The number of aliphatic hydroxyl groups is 1. The van der Waals surface area contributed by atoms with Crippen LogP contribution in [0.4, 0.5) is 0 Å². The van der Waals surface area contributed by atoms with Crippen molar-refractivity contribution in [3.63, 3.8) is 0 Å². The molecule has 2 aromatic heterocycles. The lowest BCUT2D eigenvalue weighted by atomic mass is 9.80. The Bertz CT molecular complexity index is 1650. The third kappa shape index (κ3) is 1.93. The van der Waals surface area contributed by atoms with E-state index in [1.165, 1.54) is 39.1 Å². The smallest absolute Gasteiger partial charge is 0.269 e. The van der Waals surface area contributed by atoms with Crippen molar-refractivity contribution >= 4 is 5.57 Å². The maximum atomic E-state index is 11.3. The third-order valence-electron chi connectivity index (χ3n) is 8.49. The quantitative estimate of drug-likeness (QED) is 0.392. The fraction of sp³-hybridized carbons (Fsp3) is 0.161. The Labute approximate surface area is 198 Å². The molecule has 3 nitrogen and oxygen atoms in total. The SMILES string of the molecule is CC1=C2C(O)=C1[C@@H]1C([n+]3cc(C)ccc32)C12c1cc(-c3ccccc3)ccc1-c1cccc[n+]12. The molecule has 1 spiro atoms. The van der Waals surface area contributed by atoms with E-state index in [2.05, 4.69) is 114 Å². The second-order valence-corrected chi connectivity index (χ2v) is 10.1. The molecule has 2 aliphatic carbocycles. The first-order valence-electron chi connectivity index (χ1n) is 12.0. The highest BCUT2D eigenvalue weighted by molar-refractivity contribution is 5.90. The fourth-order valence-corrected chi connectivity index (χ4v) is 7.08. The minimum Gasteiger partial charge on any atom is -0.507 e. The molecule has 4 aromatic rings. The lowest BCUT2D eigenvalue weighted by Crippen LogP contribution is -2.52. The number of benzene rings is 2. The zero-order chi connectivity index (χ0) is 22.8. The summed E-state index contributed by atoms with van der Waals surface area (Å²) in [5, 5.41) is 11.3. The minimum absolute atomic E-state index is 0.197. The topological polar surface area (TPSA) is 28.0 Å². The van der Waals surface area contributed by atoms with Gasteiger partial charge >= 0.3 is 0 Å². The molecule has 0 amide bonds. The molecule has 0 radical (unpaired) electrons. The Morgan fingerprint density at radius 1 is 0.824 bits per heavy atom. The molecule has 3 aliphatic heterocycles. The maximum absolute atomic E-state index is 11.3. The number of pyridine rings is 2. The molecule has 2 unspecified atom stereocenters. The number of hydrogen-bond donors (Lipinski definition) is 1. The Balaban J connectivity index is 1.45. The summed E-state index contributed by atoms with van der Waals surface area (Å²) in [4.78, 5) is 0. The number of hydrogen-bond acceptors (Lipinski definition) is 1. The van der Waals surface area contributed by atoms with Gasteiger partial charge in [0.25, 0.3) is 5.54 Å². The van der Waals surface area contributed by atoms with Crippen LogP contribution in [0.3, 0.4) is 0 Å². The van der Waals surface area contributed by atoms with Crippen molar-refractivity contribution in [1.29, 1.82) is 0 Å².